The molecule has 8 N–H and O–H groups in total. The Kier molecular flexibility index (Phi) is 17.2. The Labute approximate surface area is 551 Å². The molecule has 450 valence electrons. The molecule has 4 aromatic carbocycles. The van der Waals surface area contributed by atoms with E-state index in [1.807, 2.05) is 122 Å². The molecule has 25 nitrogen and oxygen atoms in total. The molecule has 0 unspecified atom stereocenters. The average molecular weight is 1420 g/mol. The molecule has 0 atom stereocenters. The Hall–Kier alpha value is -9.37. The number of carbonyl (C=O) groups excluding carboxylic acids is 1. The summed E-state index contributed by atoms with van der Waals surface area (Å²) < 4.78 is 16.8. The van der Waals surface area contributed by atoms with Crippen molar-refractivity contribution in [3.8, 4) is 68.3 Å². The van der Waals surface area contributed by atoms with Gasteiger partial charge in [0.1, 0.15) is 44.1 Å². The van der Waals surface area contributed by atoms with Crippen LogP contribution in [0.25, 0.3) is 110 Å². The quantitative estimate of drug-likeness (QED) is 0.0633. The van der Waals surface area contributed by atoms with Crippen LogP contribution in [0.2, 0.25) is 20.1 Å². The number of nitrogens with zero attached hydrogens (tertiary/aromatic N) is 16. The monoisotopic (exact) mass is 1410 g/mol. The molecule has 12 heterocycles. The molecule has 34 heteroatoms. The Morgan fingerprint density at radius 2 is 0.833 bits per heavy atom. The lowest BCUT2D eigenvalue weighted by atomic mass is 10.1. The number of imidazole rings is 4. The first-order valence-electron chi connectivity index (χ1n) is 26.4. The maximum atomic E-state index is 11.6. The highest BCUT2D eigenvalue weighted by Crippen LogP contribution is 2.39. The van der Waals surface area contributed by atoms with Crippen molar-refractivity contribution in [3.63, 3.8) is 0 Å². The molecule has 0 fully saturated rings. The molecule has 1 amide bonds. The number of aromatic amines is 4. The van der Waals surface area contributed by atoms with Crippen molar-refractivity contribution in [1.82, 2.24) is 98.9 Å². The number of carbonyl (C=O) groups is 1. The number of nitrogens with two attached hydrogens (primary N) is 1. The molecule has 0 radical (unpaired) electrons. The maximum absolute atomic E-state index is 11.6. The second-order valence-corrected chi connectivity index (χ2v) is 25.5. The molecule has 0 saturated heterocycles. The summed E-state index contributed by atoms with van der Waals surface area (Å²) >= 11 is 34.3. The summed E-state index contributed by atoms with van der Waals surface area (Å²) in [5, 5.41) is 39.0. The van der Waals surface area contributed by atoms with E-state index in [1.54, 1.807) is 57.0 Å². The van der Waals surface area contributed by atoms with Crippen LogP contribution < -0.4 is 16.4 Å². The average Bonchev–Trinajstić information content (AvgIpc) is 1.81. The van der Waals surface area contributed by atoms with E-state index < -0.39 is 6.09 Å². The fourth-order valence-corrected chi connectivity index (χ4v) is 14.0. The zero-order chi connectivity index (χ0) is 62.0. The summed E-state index contributed by atoms with van der Waals surface area (Å²) in [5.74, 6) is 2.87. The van der Waals surface area contributed by atoms with Crippen molar-refractivity contribution in [3.05, 3.63) is 171 Å². The molecule has 12 aromatic heterocycles. The predicted octanol–water partition coefficient (Wildman–Crippen LogP) is 15.1. The molecule has 0 saturated carbocycles. The first-order valence-corrected chi connectivity index (χ1v) is 32.0. The smallest absolute Gasteiger partial charge is 0.413 e. The summed E-state index contributed by atoms with van der Waals surface area (Å²) in [6.07, 6.45) is 13.3. The van der Waals surface area contributed by atoms with Gasteiger partial charge in [0.05, 0.1) is 54.2 Å². The fraction of sp³-hybridized carbons (Fsp3) is 0.0536. The standard InChI is InChI=1S/C16H13ClN6O2S.C14H11ClN6S.C13H7BrClN5S.C13H9ClN6S/c1-2-25-16(24)20-15-19-13-12(26-15)14(22-21-13)23-8-18-7-11(23)9-5-3-4-6-10(9)17;1-16-14-18-12-11(22-14)13(20-19-12)21-7-17-6-10(21)8-4-2-3-5-9(8)15;14-13-17-11-10(21-13)12(19-18-11)20-6-16-5-9(20)7-3-1-2-4-8(7)15;14-8-4-2-1-3-7(8)9-5-16-6-20(9)12-10-11(18-19-12)17-13(15)21-10/h3-8H,2H2,1H3,(H2,19,20,21,22,24);2-7H,1H3,(H2,16,18,19,20);1-6H,(H,18,19);1-6H,(H3,15,17,18,19). The SMILES string of the molecule is CCOC(=O)Nc1nc2[nH]nc(-n3cncc3-c3ccccc3Cl)c2s1.CNc1nc2[nH]nc(-n3cncc3-c3ccccc3Cl)c2s1.Clc1ccccc1-c1cncn1-c1n[nH]c2nc(Br)sc12.Nc1nc2[nH]nc(-n3cncc3-c3ccccc3Cl)c2s1. The van der Waals surface area contributed by atoms with E-state index in [2.05, 4.69) is 107 Å². The van der Waals surface area contributed by atoms with Crippen LogP contribution >= 0.6 is 108 Å². The van der Waals surface area contributed by atoms with Crippen molar-refractivity contribution < 1.29 is 9.53 Å². The van der Waals surface area contributed by atoms with Crippen LogP contribution in [-0.4, -0.2) is 119 Å². The Morgan fingerprint density at radius 1 is 0.500 bits per heavy atom. The number of nitrogen functional groups attached to an aromatic ring is 1. The summed E-state index contributed by atoms with van der Waals surface area (Å²) in [6.45, 7) is 2.03. The van der Waals surface area contributed by atoms with E-state index in [4.69, 9.17) is 56.9 Å². The molecule has 0 aliphatic carbocycles. The molecular weight excluding hydrogens is 1380 g/mol. The number of ether oxygens (including phenoxy) is 1. The second kappa shape index (κ2) is 26.0. The van der Waals surface area contributed by atoms with E-state index >= 15 is 0 Å². The normalized spacial score (nSPS) is 11.2. The molecular formula is C56H40BrCl4N23O2S4. The highest BCUT2D eigenvalue weighted by Gasteiger charge is 2.22. The Balaban J connectivity index is 0.000000110. The maximum Gasteiger partial charge on any atom is 0.413 e. The van der Waals surface area contributed by atoms with Crippen molar-refractivity contribution in [2.45, 2.75) is 6.92 Å². The Morgan fingerprint density at radius 3 is 1.21 bits per heavy atom. The third-order valence-corrected chi connectivity index (χ3v) is 18.9. The summed E-state index contributed by atoms with van der Waals surface area (Å²) in [4.78, 5) is 45.7. The van der Waals surface area contributed by atoms with Gasteiger partial charge in [-0.15, -0.1) is 11.3 Å². The summed E-state index contributed by atoms with van der Waals surface area (Å²) in [6, 6.07) is 30.5. The second-order valence-electron chi connectivity index (χ2n) is 18.6. The number of rotatable bonds is 11. The number of aromatic nitrogens is 20. The number of hydrogen-bond donors (Lipinski definition) is 7. The van der Waals surface area contributed by atoms with Gasteiger partial charge in [-0.2, -0.15) is 20.4 Å². The van der Waals surface area contributed by atoms with E-state index in [9.17, 15) is 4.79 Å². The van der Waals surface area contributed by atoms with Crippen LogP contribution in [0.3, 0.4) is 0 Å². The largest absolute Gasteiger partial charge is 0.450 e. The molecule has 0 bridgehead atoms. The van der Waals surface area contributed by atoms with Crippen LogP contribution in [-0.2, 0) is 4.74 Å². The molecule has 0 spiro atoms. The van der Waals surface area contributed by atoms with Crippen molar-refractivity contribution in [1.29, 1.82) is 0 Å². The number of fused-ring (bicyclic) bond motifs is 4. The molecule has 16 aromatic rings. The highest BCUT2D eigenvalue weighted by atomic mass is 79.9. The number of H-pyrrole nitrogens is 4. The summed E-state index contributed by atoms with van der Waals surface area (Å²) in [7, 11) is 1.84. The first kappa shape index (κ1) is 59.6. The number of halogens is 5. The Bertz CT molecular complexity index is 5040. The van der Waals surface area contributed by atoms with E-state index in [0.717, 1.165) is 95.8 Å². The van der Waals surface area contributed by atoms with Gasteiger partial charge in [-0.05, 0) is 47.1 Å². The number of hydrogen-bond acceptors (Lipinski definition) is 20. The zero-order valence-corrected chi connectivity index (χ0v) is 54.0. The van der Waals surface area contributed by atoms with Gasteiger partial charge in [0, 0.05) is 49.4 Å². The minimum Gasteiger partial charge on any atom is -0.450 e. The van der Waals surface area contributed by atoms with Gasteiger partial charge in [0.2, 0.25) is 0 Å². The number of benzene rings is 4. The molecule has 16 rings (SSSR count). The van der Waals surface area contributed by atoms with Crippen molar-refractivity contribution in [2.24, 2.45) is 0 Å². The number of amides is 1. The molecule has 0 aliphatic heterocycles. The van der Waals surface area contributed by atoms with Gasteiger partial charge >= 0.3 is 6.09 Å². The summed E-state index contributed by atoms with van der Waals surface area (Å²) in [5.41, 5.74) is 15.5. The predicted molar refractivity (Wildman–Crippen MR) is 360 cm³/mol. The van der Waals surface area contributed by atoms with Gasteiger partial charge in [-0.1, -0.05) is 153 Å². The number of anilines is 3. The van der Waals surface area contributed by atoms with E-state index in [1.165, 1.54) is 45.3 Å². The van der Waals surface area contributed by atoms with Crippen LogP contribution in [0.15, 0.2) is 151 Å². The van der Waals surface area contributed by atoms with Gasteiger partial charge in [0.15, 0.2) is 65.2 Å². The van der Waals surface area contributed by atoms with Crippen molar-refractivity contribution in [2.75, 3.05) is 30.0 Å². The zero-order valence-electron chi connectivity index (χ0n) is 46.1. The minimum atomic E-state index is -0.544. The topological polar surface area (TPSA) is 314 Å². The third-order valence-electron chi connectivity index (χ3n) is 13.1. The third kappa shape index (κ3) is 11.9. The van der Waals surface area contributed by atoms with Crippen LogP contribution in [0, 0.1) is 0 Å². The first-order chi connectivity index (χ1) is 43.9. The number of thiazole rings is 4. The van der Waals surface area contributed by atoms with E-state index in [0.29, 0.717) is 53.3 Å². The van der Waals surface area contributed by atoms with Crippen LogP contribution in [0.5, 0.6) is 0 Å². The van der Waals surface area contributed by atoms with Gasteiger partial charge in [-0.3, -0.25) is 44.0 Å². The molecule has 90 heavy (non-hydrogen) atoms. The highest BCUT2D eigenvalue weighted by molar-refractivity contribution is 9.11. The number of nitrogens with one attached hydrogen (secondary N) is 6. The van der Waals surface area contributed by atoms with Crippen molar-refractivity contribution >= 4 is 171 Å². The van der Waals surface area contributed by atoms with E-state index in [-0.39, 0.29) is 6.61 Å². The van der Waals surface area contributed by atoms with Crippen LogP contribution in [0.1, 0.15) is 6.92 Å². The van der Waals surface area contributed by atoms with Gasteiger partial charge in [0.25, 0.3) is 0 Å². The lowest BCUT2D eigenvalue weighted by Crippen LogP contribution is -2.12. The lowest BCUT2D eigenvalue weighted by Gasteiger charge is -2.06. The van der Waals surface area contributed by atoms with Crippen LogP contribution in [0.4, 0.5) is 20.2 Å². The van der Waals surface area contributed by atoms with Gasteiger partial charge in [-0.25, -0.2) is 44.7 Å². The van der Waals surface area contributed by atoms with Gasteiger partial charge < -0.3 is 15.8 Å². The lowest BCUT2D eigenvalue weighted by molar-refractivity contribution is 0.168. The fourth-order valence-electron chi connectivity index (χ4n) is 9.20. The minimum absolute atomic E-state index is 0.290. The molecule has 0 aliphatic rings.